The van der Waals surface area contributed by atoms with E-state index in [0.717, 1.165) is 31.2 Å². The summed E-state index contributed by atoms with van der Waals surface area (Å²) >= 11 is 0. The van der Waals surface area contributed by atoms with Crippen LogP contribution < -0.4 is 0 Å². The van der Waals surface area contributed by atoms with E-state index in [9.17, 15) is 4.39 Å². The first-order chi connectivity index (χ1) is 6.29. The highest BCUT2D eigenvalue weighted by Crippen LogP contribution is 2.11. The van der Waals surface area contributed by atoms with Gasteiger partial charge < -0.3 is 4.57 Å². The Morgan fingerprint density at radius 1 is 1.54 bits per heavy atom. The third kappa shape index (κ3) is 1.72. The molecule has 1 aromatic rings. The minimum Gasteiger partial charge on any atom is -0.332 e. The van der Waals surface area contributed by atoms with Crippen LogP contribution in [-0.4, -0.2) is 34.2 Å². The zero-order valence-electron chi connectivity index (χ0n) is 7.83. The summed E-state index contributed by atoms with van der Waals surface area (Å²) in [7, 11) is 0. The van der Waals surface area contributed by atoms with Gasteiger partial charge in [-0.25, -0.2) is 9.37 Å². The van der Waals surface area contributed by atoms with Gasteiger partial charge in [-0.2, -0.15) is 0 Å². The highest BCUT2D eigenvalue weighted by Gasteiger charge is 2.16. The number of halogens is 1. The summed E-state index contributed by atoms with van der Waals surface area (Å²) in [5.41, 5.74) is 1.05. The quantitative estimate of drug-likeness (QED) is 0.681. The number of aromatic nitrogens is 2. The van der Waals surface area contributed by atoms with Crippen LogP contribution in [0.25, 0.3) is 0 Å². The average Bonchev–Trinajstić information content (AvgIpc) is 2.44. The number of rotatable bonds is 2. The molecule has 0 bridgehead atoms. The molecule has 72 valence electrons. The van der Waals surface area contributed by atoms with Crippen LogP contribution in [0.5, 0.6) is 0 Å². The lowest BCUT2D eigenvalue weighted by atomic mass is 10.3. The number of hydrogen-bond donors (Lipinski definition) is 0. The van der Waals surface area contributed by atoms with Crippen molar-refractivity contribution in [2.45, 2.75) is 20.0 Å². The third-order valence-corrected chi connectivity index (χ3v) is 2.40. The van der Waals surface area contributed by atoms with Gasteiger partial charge in [-0.15, -0.1) is 0 Å². The Balaban J connectivity index is 2.10. The first-order valence-corrected chi connectivity index (χ1v) is 4.60. The highest BCUT2D eigenvalue weighted by molar-refractivity contribution is 5.04. The lowest BCUT2D eigenvalue weighted by Crippen LogP contribution is -2.34. The molecule has 1 aliphatic rings. The second-order valence-electron chi connectivity index (χ2n) is 3.46. The van der Waals surface area contributed by atoms with Crippen LogP contribution in [0.15, 0.2) is 6.20 Å². The molecule has 0 saturated carbocycles. The van der Waals surface area contributed by atoms with Crippen molar-refractivity contribution in [3.8, 4) is 0 Å². The number of fused-ring (bicyclic) bond motifs is 1. The van der Waals surface area contributed by atoms with Crippen LogP contribution >= 0.6 is 0 Å². The summed E-state index contributed by atoms with van der Waals surface area (Å²) < 4.78 is 14.2. The van der Waals surface area contributed by atoms with Crippen molar-refractivity contribution < 1.29 is 4.39 Å². The summed E-state index contributed by atoms with van der Waals surface area (Å²) in [5, 5.41) is 0. The summed E-state index contributed by atoms with van der Waals surface area (Å²) in [5.74, 6) is 1.07. The fraction of sp³-hybridized carbons (Fsp3) is 0.667. The summed E-state index contributed by atoms with van der Waals surface area (Å²) in [6.07, 6.45) is 2.06. The molecule has 1 aliphatic heterocycles. The van der Waals surface area contributed by atoms with Gasteiger partial charge in [0, 0.05) is 25.8 Å². The fourth-order valence-corrected chi connectivity index (χ4v) is 1.76. The third-order valence-electron chi connectivity index (χ3n) is 2.40. The van der Waals surface area contributed by atoms with Crippen LogP contribution in [0.2, 0.25) is 0 Å². The largest absolute Gasteiger partial charge is 0.332 e. The Morgan fingerprint density at radius 3 is 3.15 bits per heavy atom. The second kappa shape index (κ2) is 3.46. The Bertz CT molecular complexity index is 295. The van der Waals surface area contributed by atoms with E-state index in [1.165, 1.54) is 0 Å². The smallest absolute Gasteiger partial charge is 0.123 e. The SMILES string of the molecule is Cc1cn2c(n1)CN(CCF)CC2. The number of alkyl halides is 1. The van der Waals surface area contributed by atoms with Gasteiger partial charge >= 0.3 is 0 Å². The molecule has 0 aromatic carbocycles. The van der Waals surface area contributed by atoms with Crippen molar-refractivity contribution in [1.29, 1.82) is 0 Å². The normalized spacial score (nSPS) is 17.4. The minimum atomic E-state index is -0.264. The average molecular weight is 183 g/mol. The van der Waals surface area contributed by atoms with Crippen LogP contribution in [0, 0.1) is 6.92 Å². The van der Waals surface area contributed by atoms with Gasteiger partial charge in [0.25, 0.3) is 0 Å². The maximum atomic E-state index is 12.1. The molecular weight excluding hydrogens is 169 g/mol. The Kier molecular flexibility index (Phi) is 2.31. The monoisotopic (exact) mass is 183 g/mol. The first kappa shape index (κ1) is 8.69. The van der Waals surface area contributed by atoms with E-state index in [1.807, 2.05) is 6.92 Å². The molecule has 0 aliphatic carbocycles. The molecule has 2 heterocycles. The highest BCUT2D eigenvalue weighted by atomic mass is 19.1. The van der Waals surface area contributed by atoms with Crippen molar-refractivity contribution in [2.75, 3.05) is 19.8 Å². The molecule has 1 aromatic heterocycles. The molecule has 0 radical (unpaired) electrons. The summed E-state index contributed by atoms with van der Waals surface area (Å²) in [4.78, 5) is 6.48. The maximum Gasteiger partial charge on any atom is 0.123 e. The van der Waals surface area contributed by atoms with E-state index in [0.29, 0.717) is 6.54 Å². The molecule has 0 amide bonds. The summed E-state index contributed by atoms with van der Waals surface area (Å²) in [6, 6.07) is 0. The number of aryl methyl sites for hydroxylation is 1. The van der Waals surface area contributed by atoms with Crippen LogP contribution in [0.4, 0.5) is 4.39 Å². The molecule has 13 heavy (non-hydrogen) atoms. The van der Waals surface area contributed by atoms with E-state index in [-0.39, 0.29) is 6.67 Å². The topological polar surface area (TPSA) is 21.1 Å². The van der Waals surface area contributed by atoms with Crippen LogP contribution in [-0.2, 0) is 13.1 Å². The van der Waals surface area contributed by atoms with Gasteiger partial charge in [-0.3, -0.25) is 4.90 Å². The lowest BCUT2D eigenvalue weighted by molar-refractivity contribution is 0.200. The van der Waals surface area contributed by atoms with Gasteiger partial charge in [-0.1, -0.05) is 0 Å². The van der Waals surface area contributed by atoms with Gasteiger partial charge in [0.2, 0.25) is 0 Å². The maximum absolute atomic E-state index is 12.1. The zero-order chi connectivity index (χ0) is 9.26. The number of nitrogens with zero attached hydrogens (tertiary/aromatic N) is 3. The molecule has 3 nitrogen and oxygen atoms in total. The first-order valence-electron chi connectivity index (χ1n) is 4.60. The molecule has 0 spiro atoms. The predicted octanol–water partition coefficient (Wildman–Crippen LogP) is 0.977. The Labute approximate surface area is 77.2 Å². The lowest BCUT2D eigenvalue weighted by Gasteiger charge is -2.26. The van der Waals surface area contributed by atoms with E-state index < -0.39 is 0 Å². The van der Waals surface area contributed by atoms with Crippen molar-refractivity contribution in [1.82, 2.24) is 14.5 Å². The van der Waals surface area contributed by atoms with Crippen molar-refractivity contribution in [2.24, 2.45) is 0 Å². The van der Waals surface area contributed by atoms with E-state index in [2.05, 4.69) is 20.6 Å². The molecule has 0 saturated heterocycles. The second-order valence-corrected chi connectivity index (χ2v) is 3.46. The summed E-state index contributed by atoms with van der Waals surface area (Å²) in [6.45, 7) is 4.93. The van der Waals surface area contributed by atoms with E-state index in [1.54, 1.807) is 0 Å². The zero-order valence-corrected chi connectivity index (χ0v) is 7.83. The molecule has 0 atom stereocenters. The van der Waals surface area contributed by atoms with E-state index >= 15 is 0 Å². The van der Waals surface area contributed by atoms with Crippen molar-refractivity contribution in [3.05, 3.63) is 17.7 Å². The van der Waals surface area contributed by atoms with Crippen LogP contribution in [0.1, 0.15) is 11.5 Å². The number of imidazole rings is 1. The molecule has 4 heteroatoms. The van der Waals surface area contributed by atoms with Crippen LogP contribution in [0.3, 0.4) is 0 Å². The van der Waals surface area contributed by atoms with Gasteiger partial charge in [-0.05, 0) is 6.92 Å². The molecule has 0 unspecified atom stereocenters. The van der Waals surface area contributed by atoms with E-state index in [4.69, 9.17) is 0 Å². The molecule has 0 fully saturated rings. The van der Waals surface area contributed by atoms with Gasteiger partial charge in [0.1, 0.15) is 12.5 Å². The standard InChI is InChI=1S/C9H14FN3/c1-8-6-13-5-4-12(3-2-10)7-9(13)11-8/h6H,2-5,7H2,1H3. The van der Waals surface area contributed by atoms with Crippen molar-refractivity contribution >= 4 is 0 Å². The molecular formula is C9H14FN3. The van der Waals surface area contributed by atoms with Gasteiger partial charge in [0.05, 0.1) is 12.2 Å². The van der Waals surface area contributed by atoms with Crippen molar-refractivity contribution in [3.63, 3.8) is 0 Å². The molecule has 2 rings (SSSR count). The number of hydrogen-bond acceptors (Lipinski definition) is 2. The minimum absolute atomic E-state index is 0.264. The fourth-order valence-electron chi connectivity index (χ4n) is 1.76. The Hall–Kier alpha value is -0.900. The van der Waals surface area contributed by atoms with Gasteiger partial charge in [0.15, 0.2) is 0 Å². The Morgan fingerprint density at radius 2 is 2.38 bits per heavy atom. The molecule has 0 N–H and O–H groups in total. The predicted molar refractivity (Wildman–Crippen MR) is 48.2 cm³/mol.